The molecule has 1 aromatic heterocycles. The first-order valence-electron chi connectivity index (χ1n) is 16.4. The Balaban J connectivity index is 1.37. The Morgan fingerprint density at radius 2 is 0.688 bits per heavy atom. The van der Waals surface area contributed by atoms with Crippen LogP contribution < -0.4 is 10.7 Å². The molecule has 48 heavy (non-hydrogen) atoms. The van der Waals surface area contributed by atoms with E-state index in [1.165, 1.54) is 10.8 Å². The highest BCUT2D eigenvalue weighted by Crippen LogP contribution is 2.42. The molecule has 10 rings (SSSR count). The number of fused-ring (bicyclic) bond motifs is 6. The van der Waals surface area contributed by atoms with Crippen molar-refractivity contribution in [3.05, 3.63) is 180 Å². The van der Waals surface area contributed by atoms with Crippen molar-refractivity contribution in [2.24, 2.45) is 9.98 Å². The van der Waals surface area contributed by atoms with Gasteiger partial charge in [0.2, 0.25) is 0 Å². The lowest BCUT2D eigenvalue weighted by Gasteiger charge is -2.26. The summed E-state index contributed by atoms with van der Waals surface area (Å²) >= 11 is 0. The van der Waals surface area contributed by atoms with Gasteiger partial charge in [0.25, 0.3) is 0 Å². The van der Waals surface area contributed by atoms with E-state index in [4.69, 9.17) is 20.0 Å². The average molecular weight is 613 g/mol. The van der Waals surface area contributed by atoms with Gasteiger partial charge in [-0.1, -0.05) is 158 Å². The van der Waals surface area contributed by atoms with Crippen LogP contribution in [0.25, 0.3) is 65.9 Å². The molecule has 0 saturated heterocycles. The van der Waals surface area contributed by atoms with Gasteiger partial charge in [-0.15, -0.1) is 0 Å². The van der Waals surface area contributed by atoms with Gasteiger partial charge in [-0.25, -0.2) is 9.97 Å². The van der Waals surface area contributed by atoms with Crippen LogP contribution in [0.15, 0.2) is 168 Å². The topological polar surface area (TPSA) is 50.5 Å². The van der Waals surface area contributed by atoms with Gasteiger partial charge in [0.15, 0.2) is 0 Å². The minimum absolute atomic E-state index is 0.151. The smallest absolute Gasteiger partial charge is 0.102 e. The molecule has 2 heterocycles. The molecule has 0 bridgehead atoms. The molecule has 0 N–H and O–H groups in total. The highest BCUT2D eigenvalue weighted by Gasteiger charge is 2.29. The van der Waals surface area contributed by atoms with Crippen molar-refractivity contribution in [3.8, 4) is 22.5 Å². The van der Waals surface area contributed by atoms with Gasteiger partial charge >= 0.3 is 0 Å². The Kier molecular flexibility index (Phi) is 5.97. The quantitative estimate of drug-likeness (QED) is 0.147. The zero-order valence-corrected chi connectivity index (χ0v) is 26.0. The van der Waals surface area contributed by atoms with Gasteiger partial charge in [0.05, 0.1) is 33.1 Å². The first-order valence-corrected chi connectivity index (χ1v) is 16.4. The summed E-state index contributed by atoms with van der Waals surface area (Å²) in [5.41, 5.74) is 7.94. The van der Waals surface area contributed by atoms with Crippen molar-refractivity contribution < 1.29 is 0 Å². The molecule has 2 unspecified atom stereocenters. The van der Waals surface area contributed by atoms with Crippen molar-refractivity contribution >= 4 is 43.4 Å². The van der Waals surface area contributed by atoms with E-state index in [2.05, 4.69) is 146 Å². The second-order valence-electron chi connectivity index (χ2n) is 12.5. The monoisotopic (exact) mass is 612 g/mol. The van der Waals surface area contributed by atoms with Crippen molar-refractivity contribution in [2.75, 3.05) is 0 Å². The molecule has 0 saturated carbocycles. The van der Waals surface area contributed by atoms with Crippen LogP contribution in [0.4, 0.5) is 0 Å². The van der Waals surface area contributed by atoms with Crippen LogP contribution in [0.3, 0.4) is 0 Å². The molecular weight excluding hydrogens is 585 g/mol. The first kappa shape index (κ1) is 26.9. The third-order valence-electron chi connectivity index (χ3n) is 9.73. The minimum atomic E-state index is -0.151. The maximum absolute atomic E-state index is 5.59. The van der Waals surface area contributed by atoms with Crippen LogP contribution in [0.1, 0.15) is 23.2 Å². The lowest BCUT2D eigenvalue weighted by molar-refractivity contribution is 0.539. The van der Waals surface area contributed by atoms with E-state index in [1.807, 2.05) is 12.1 Å². The standard InChI is InChI=1S/C44H28N4/c1-5-15-27(16-6-1)37-38(28-17-7-2-8-18-28)46-42-32-24-14-26-34-36(32)35-31(41(42)45-37)23-13-25-33(35)43-44(34)48-40(30-21-11-4-12-22-30)39(47-43)29-19-9-3-10-20-29/h1-26,37-38H. The van der Waals surface area contributed by atoms with E-state index in [9.17, 15) is 0 Å². The predicted octanol–water partition coefficient (Wildman–Crippen LogP) is 9.60. The highest BCUT2D eigenvalue weighted by molar-refractivity contribution is 6.32. The normalized spacial score (nSPS) is 15.8. The summed E-state index contributed by atoms with van der Waals surface area (Å²) < 4.78 is 0. The Morgan fingerprint density at radius 3 is 1.08 bits per heavy atom. The molecule has 0 fully saturated rings. The maximum atomic E-state index is 5.59. The van der Waals surface area contributed by atoms with E-state index < -0.39 is 0 Å². The fourth-order valence-corrected chi connectivity index (χ4v) is 7.59. The molecular formula is C44H28N4. The molecule has 224 valence electrons. The Hall–Kier alpha value is -6.26. The molecule has 0 aliphatic carbocycles. The molecule has 9 aromatic rings. The SMILES string of the molecule is c1ccc(-c2nc3c4cccc5c6c(c7cccc(c3nc2-c2ccccc2)c7c54)=NC(c2ccccc2)C(c2ccccc2)N=6)cc1. The molecule has 0 radical (unpaired) electrons. The second kappa shape index (κ2) is 10.6. The maximum Gasteiger partial charge on any atom is 0.102 e. The van der Waals surface area contributed by atoms with Crippen LogP contribution in [0.5, 0.6) is 0 Å². The van der Waals surface area contributed by atoms with Gasteiger partial charge in [-0.3, -0.25) is 9.98 Å². The van der Waals surface area contributed by atoms with E-state index in [0.717, 1.165) is 76.9 Å². The number of rotatable bonds is 4. The third-order valence-corrected chi connectivity index (χ3v) is 9.73. The predicted molar refractivity (Wildman–Crippen MR) is 195 cm³/mol. The molecule has 4 nitrogen and oxygen atoms in total. The van der Waals surface area contributed by atoms with E-state index in [0.29, 0.717) is 0 Å². The number of hydrogen-bond donors (Lipinski definition) is 0. The summed E-state index contributed by atoms with van der Waals surface area (Å²) in [6.07, 6.45) is 0. The van der Waals surface area contributed by atoms with E-state index in [1.54, 1.807) is 0 Å². The summed E-state index contributed by atoms with van der Waals surface area (Å²) in [6.45, 7) is 0. The molecule has 4 heteroatoms. The van der Waals surface area contributed by atoms with Crippen LogP contribution in [-0.4, -0.2) is 9.97 Å². The van der Waals surface area contributed by atoms with Crippen molar-refractivity contribution in [3.63, 3.8) is 0 Å². The van der Waals surface area contributed by atoms with Crippen LogP contribution in [0, 0.1) is 0 Å². The Morgan fingerprint density at radius 1 is 0.333 bits per heavy atom. The first-order chi connectivity index (χ1) is 23.8. The fraction of sp³-hybridized carbons (Fsp3) is 0.0455. The summed E-state index contributed by atoms with van der Waals surface area (Å²) in [7, 11) is 0. The highest BCUT2D eigenvalue weighted by atomic mass is 14.9. The Labute approximate surface area is 276 Å². The van der Waals surface area contributed by atoms with Gasteiger partial charge in [-0.2, -0.15) is 0 Å². The lowest BCUT2D eigenvalue weighted by atomic mass is 9.89. The number of benzene rings is 8. The zero-order valence-electron chi connectivity index (χ0n) is 26.0. The minimum Gasteiger partial charge on any atom is -0.272 e. The van der Waals surface area contributed by atoms with Crippen LogP contribution >= 0.6 is 0 Å². The van der Waals surface area contributed by atoms with Crippen LogP contribution in [0.2, 0.25) is 0 Å². The number of hydrogen-bond acceptors (Lipinski definition) is 4. The van der Waals surface area contributed by atoms with Crippen molar-refractivity contribution in [1.82, 2.24) is 9.97 Å². The zero-order chi connectivity index (χ0) is 31.6. The van der Waals surface area contributed by atoms with Crippen molar-refractivity contribution in [2.45, 2.75) is 12.1 Å². The van der Waals surface area contributed by atoms with Gasteiger partial charge in [-0.05, 0) is 11.1 Å². The summed E-state index contributed by atoms with van der Waals surface area (Å²) in [6, 6.07) is 54.7. The van der Waals surface area contributed by atoms with E-state index in [-0.39, 0.29) is 12.1 Å². The number of aromatic nitrogens is 2. The molecule has 1 aliphatic rings. The third kappa shape index (κ3) is 4.02. The lowest BCUT2D eigenvalue weighted by Crippen LogP contribution is -2.34. The van der Waals surface area contributed by atoms with Gasteiger partial charge in [0.1, 0.15) is 12.1 Å². The van der Waals surface area contributed by atoms with E-state index >= 15 is 0 Å². The summed E-state index contributed by atoms with van der Waals surface area (Å²) in [4.78, 5) is 22.1. The average Bonchev–Trinajstić information content (AvgIpc) is 3.18. The second-order valence-corrected chi connectivity index (χ2v) is 12.5. The fourth-order valence-electron chi connectivity index (χ4n) is 7.59. The van der Waals surface area contributed by atoms with Gasteiger partial charge < -0.3 is 0 Å². The van der Waals surface area contributed by atoms with Crippen molar-refractivity contribution in [1.29, 1.82) is 0 Å². The molecule has 1 aliphatic heterocycles. The summed E-state index contributed by atoms with van der Waals surface area (Å²) in [5.74, 6) is 0. The van der Waals surface area contributed by atoms with Gasteiger partial charge in [0, 0.05) is 43.4 Å². The Bertz CT molecular complexity index is 2570. The molecule has 0 amide bonds. The number of nitrogens with zero attached hydrogens (tertiary/aromatic N) is 4. The molecule has 8 aromatic carbocycles. The van der Waals surface area contributed by atoms with Crippen LogP contribution in [-0.2, 0) is 0 Å². The largest absolute Gasteiger partial charge is 0.272 e. The molecule has 2 atom stereocenters. The molecule has 0 spiro atoms. The summed E-state index contributed by atoms with van der Waals surface area (Å²) in [5, 5.41) is 8.57.